The summed E-state index contributed by atoms with van der Waals surface area (Å²) in [6.07, 6.45) is -0.839. The Hall–Kier alpha value is -1.63. The smallest absolute Gasteiger partial charge is 0.283 e. The van der Waals surface area contributed by atoms with Crippen molar-refractivity contribution in [2.75, 3.05) is 6.54 Å². The molecule has 0 atom stereocenters. The fourth-order valence-corrected chi connectivity index (χ4v) is 1.33. The van der Waals surface area contributed by atoms with E-state index in [-0.39, 0.29) is 0 Å². The van der Waals surface area contributed by atoms with E-state index in [9.17, 15) is 23.3 Å². The maximum atomic E-state index is 13.4. The van der Waals surface area contributed by atoms with Gasteiger partial charge in [-0.3, -0.25) is 10.1 Å². The lowest BCUT2D eigenvalue weighted by atomic mass is 10.0. The van der Waals surface area contributed by atoms with Gasteiger partial charge in [-0.2, -0.15) is 0 Å². The highest BCUT2D eigenvalue weighted by molar-refractivity contribution is 5.43. The van der Waals surface area contributed by atoms with Crippen molar-refractivity contribution in [2.45, 2.75) is 12.3 Å². The number of benzene rings is 1. The average molecular weight is 234 g/mol. The molecule has 0 bridgehead atoms. The molecule has 0 aliphatic rings. The van der Waals surface area contributed by atoms with Crippen molar-refractivity contribution in [2.24, 2.45) is 5.73 Å². The van der Waals surface area contributed by atoms with E-state index in [1.807, 2.05) is 0 Å². The van der Waals surface area contributed by atoms with Crippen LogP contribution in [0.2, 0.25) is 0 Å². The van der Waals surface area contributed by atoms with Crippen LogP contribution in [-0.2, 0) is 5.92 Å². The molecule has 0 aromatic heterocycles. The zero-order valence-electron chi connectivity index (χ0n) is 8.12. The molecule has 16 heavy (non-hydrogen) atoms. The number of rotatable bonds is 4. The van der Waals surface area contributed by atoms with Crippen LogP contribution in [0.1, 0.15) is 12.0 Å². The van der Waals surface area contributed by atoms with E-state index in [0.29, 0.717) is 0 Å². The van der Waals surface area contributed by atoms with Crippen LogP contribution in [0.4, 0.5) is 18.9 Å². The van der Waals surface area contributed by atoms with Gasteiger partial charge in [-0.15, -0.1) is 0 Å². The fraction of sp³-hybridized carbons (Fsp3) is 0.333. The van der Waals surface area contributed by atoms with Gasteiger partial charge in [0.05, 0.1) is 4.92 Å². The molecule has 0 saturated carbocycles. The highest BCUT2D eigenvalue weighted by atomic mass is 19.3. The molecule has 0 spiro atoms. The summed E-state index contributed by atoms with van der Waals surface area (Å²) in [6, 6.07) is 2.60. The average Bonchev–Trinajstić information content (AvgIpc) is 2.16. The molecule has 0 aliphatic carbocycles. The van der Waals surface area contributed by atoms with Crippen LogP contribution < -0.4 is 5.73 Å². The van der Waals surface area contributed by atoms with Gasteiger partial charge in [-0.05, 0) is 12.6 Å². The summed E-state index contributed by atoms with van der Waals surface area (Å²) >= 11 is 0. The molecule has 0 aliphatic heterocycles. The second-order valence-electron chi connectivity index (χ2n) is 3.13. The molecule has 0 heterocycles. The molecule has 1 aromatic rings. The molecule has 1 rings (SSSR count). The van der Waals surface area contributed by atoms with E-state index in [1.165, 1.54) is 0 Å². The number of hydrogen-bond donors (Lipinski definition) is 1. The number of nitro groups is 1. The fourth-order valence-electron chi connectivity index (χ4n) is 1.33. The lowest BCUT2D eigenvalue weighted by Gasteiger charge is -2.16. The summed E-state index contributed by atoms with van der Waals surface area (Å²) in [5.41, 5.74) is 2.82. The Labute approximate surface area is 89.0 Å². The quantitative estimate of drug-likeness (QED) is 0.641. The number of hydrogen-bond acceptors (Lipinski definition) is 3. The Morgan fingerprint density at radius 3 is 2.56 bits per heavy atom. The third-order valence-corrected chi connectivity index (χ3v) is 2.01. The van der Waals surface area contributed by atoms with Crippen LogP contribution in [0.3, 0.4) is 0 Å². The second-order valence-corrected chi connectivity index (χ2v) is 3.13. The van der Waals surface area contributed by atoms with E-state index in [4.69, 9.17) is 5.73 Å². The minimum absolute atomic E-state index is 0.390. The minimum Gasteiger partial charge on any atom is -0.330 e. The first kappa shape index (κ1) is 12.4. The van der Waals surface area contributed by atoms with Crippen LogP contribution in [0, 0.1) is 15.9 Å². The third-order valence-electron chi connectivity index (χ3n) is 2.01. The molecule has 0 amide bonds. The van der Waals surface area contributed by atoms with E-state index in [0.717, 1.165) is 18.2 Å². The topological polar surface area (TPSA) is 69.2 Å². The second kappa shape index (κ2) is 4.48. The molecule has 1 aromatic carbocycles. The van der Waals surface area contributed by atoms with E-state index in [2.05, 4.69) is 0 Å². The van der Waals surface area contributed by atoms with Crippen molar-refractivity contribution < 1.29 is 18.1 Å². The van der Waals surface area contributed by atoms with Gasteiger partial charge in [0, 0.05) is 12.5 Å². The van der Waals surface area contributed by atoms with Gasteiger partial charge >= 0.3 is 0 Å². The predicted octanol–water partition coefficient (Wildman–Crippen LogP) is 2.17. The van der Waals surface area contributed by atoms with Crippen LogP contribution in [-0.4, -0.2) is 11.5 Å². The van der Waals surface area contributed by atoms with Crippen molar-refractivity contribution in [1.82, 2.24) is 0 Å². The Kier molecular flexibility index (Phi) is 3.48. The number of nitrogens with two attached hydrogens (primary N) is 1. The summed E-state index contributed by atoms with van der Waals surface area (Å²) < 4.78 is 40.0. The van der Waals surface area contributed by atoms with Gasteiger partial charge in [0.25, 0.3) is 11.6 Å². The van der Waals surface area contributed by atoms with Crippen molar-refractivity contribution in [3.8, 4) is 0 Å². The molecular weight excluding hydrogens is 225 g/mol. The van der Waals surface area contributed by atoms with Crippen molar-refractivity contribution in [3.63, 3.8) is 0 Å². The third kappa shape index (κ3) is 2.30. The highest BCUT2D eigenvalue weighted by Crippen LogP contribution is 2.38. The van der Waals surface area contributed by atoms with Crippen LogP contribution in [0.25, 0.3) is 0 Å². The molecular formula is C9H9F3N2O2. The lowest BCUT2D eigenvalue weighted by Crippen LogP contribution is -2.21. The predicted molar refractivity (Wildman–Crippen MR) is 50.6 cm³/mol. The van der Waals surface area contributed by atoms with Crippen LogP contribution >= 0.6 is 0 Å². The molecule has 7 heteroatoms. The van der Waals surface area contributed by atoms with Crippen LogP contribution in [0.15, 0.2) is 18.2 Å². The first-order valence-corrected chi connectivity index (χ1v) is 4.41. The first-order chi connectivity index (χ1) is 7.40. The zero-order chi connectivity index (χ0) is 12.3. The molecule has 0 fully saturated rings. The summed E-state index contributed by atoms with van der Waals surface area (Å²) in [5, 5.41) is 10.5. The summed E-state index contributed by atoms with van der Waals surface area (Å²) in [4.78, 5) is 9.46. The SMILES string of the molecule is NCCC(F)(F)c1c(F)cccc1[N+](=O)[O-]. The number of nitrogens with zero attached hydrogens (tertiary/aromatic N) is 1. The first-order valence-electron chi connectivity index (χ1n) is 4.41. The van der Waals surface area contributed by atoms with Gasteiger partial charge in [0.15, 0.2) is 0 Å². The van der Waals surface area contributed by atoms with Crippen molar-refractivity contribution in [1.29, 1.82) is 0 Å². The standard InChI is InChI=1S/C9H9F3N2O2/c10-6-2-1-3-7(14(15)16)8(6)9(11,12)4-5-13/h1-3H,4-5,13H2. The lowest BCUT2D eigenvalue weighted by molar-refractivity contribution is -0.387. The van der Waals surface area contributed by atoms with E-state index >= 15 is 0 Å². The summed E-state index contributed by atoms with van der Waals surface area (Å²) in [6.45, 7) is -0.390. The number of nitro benzene ring substituents is 1. The summed E-state index contributed by atoms with van der Waals surface area (Å²) in [7, 11) is 0. The van der Waals surface area contributed by atoms with Crippen LogP contribution in [0.5, 0.6) is 0 Å². The Morgan fingerprint density at radius 1 is 1.44 bits per heavy atom. The molecule has 0 saturated heterocycles. The Bertz CT molecular complexity index is 410. The van der Waals surface area contributed by atoms with Gasteiger partial charge in [-0.25, -0.2) is 13.2 Å². The highest BCUT2D eigenvalue weighted by Gasteiger charge is 2.40. The maximum Gasteiger partial charge on any atom is 0.283 e. The molecule has 88 valence electrons. The normalized spacial score (nSPS) is 11.5. The Morgan fingerprint density at radius 2 is 2.06 bits per heavy atom. The van der Waals surface area contributed by atoms with Gasteiger partial charge < -0.3 is 5.73 Å². The monoisotopic (exact) mass is 234 g/mol. The van der Waals surface area contributed by atoms with Gasteiger partial charge in [0.1, 0.15) is 11.4 Å². The number of alkyl halides is 2. The number of halogens is 3. The molecule has 2 N–H and O–H groups in total. The molecule has 0 radical (unpaired) electrons. The summed E-state index contributed by atoms with van der Waals surface area (Å²) in [5.74, 6) is -4.93. The van der Waals surface area contributed by atoms with Crippen molar-refractivity contribution >= 4 is 5.69 Å². The zero-order valence-corrected chi connectivity index (χ0v) is 8.12. The van der Waals surface area contributed by atoms with E-state index in [1.54, 1.807) is 0 Å². The van der Waals surface area contributed by atoms with E-state index < -0.39 is 40.9 Å². The largest absolute Gasteiger partial charge is 0.330 e. The molecule has 0 unspecified atom stereocenters. The molecule has 4 nitrogen and oxygen atoms in total. The van der Waals surface area contributed by atoms with Gasteiger partial charge in [-0.1, -0.05) is 6.07 Å². The Balaban J connectivity index is 3.35. The van der Waals surface area contributed by atoms with Gasteiger partial charge in [0.2, 0.25) is 0 Å². The maximum absolute atomic E-state index is 13.4. The van der Waals surface area contributed by atoms with Crippen molar-refractivity contribution in [3.05, 3.63) is 39.7 Å². The minimum atomic E-state index is -3.64.